The second-order valence-electron chi connectivity index (χ2n) is 8.52. The van der Waals surface area contributed by atoms with E-state index in [0.29, 0.717) is 0 Å². The zero-order valence-electron chi connectivity index (χ0n) is 18.8. The summed E-state index contributed by atoms with van der Waals surface area (Å²) < 4.78 is 2.55. The minimum absolute atomic E-state index is 1.03. The molecular weight excluding hydrogens is 452 g/mol. The van der Waals surface area contributed by atoms with Crippen molar-refractivity contribution >= 4 is 43.1 Å². The molecule has 0 amide bonds. The van der Waals surface area contributed by atoms with Gasteiger partial charge in [-0.1, -0.05) is 72.8 Å². The summed E-state index contributed by atoms with van der Waals surface area (Å²) >= 11 is 3.66. The Labute approximate surface area is 207 Å². The van der Waals surface area contributed by atoms with Crippen LogP contribution in [-0.2, 0) is 12.8 Å². The monoisotopic (exact) mass is 476 g/mol. The van der Waals surface area contributed by atoms with Crippen LogP contribution >= 0.6 is 22.7 Å². The van der Waals surface area contributed by atoms with Crippen molar-refractivity contribution in [1.82, 2.24) is 9.97 Å². The molecule has 4 heteroatoms. The molecule has 2 aromatic heterocycles. The van der Waals surface area contributed by atoms with Crippen molar-refractivity contribution in [2.75, 3.05) is 0 Å². The van der Waals surface area contributed by atoms with Gasteiger partial charge in [0.25, 0.3) is 0 Å². The second-order valence-corrected chi connectivity index (χ2v) is 10.7. The normalized spacial score (nSPS) is 11.4. The van der Waals surface area contributed by atoms with Gasteiger partial charge in [-0.15, -0.1) is 22.7 Å². The Morgan fingerprint density at radius 2 is 0.912 bits per heavy atom. The molecule has 0 aliphatic rings. The molecule has 0 spiro atoms. The second kappa shape index (κ2) is 9.49. The number of aromatic nitrogens is 2. The highest BCUT2D eigenvalue weighted by Crippen LogP contribution is 2.30. The van der Waals surface area contributed by atoms with Gasteiger partial charge in [0.1, 0.15) is 0 Å². The molecule has 0 aliphatic carbocycles. The third kappa shape index (κ3) is 4.52. The molecule has 2 nitrogen and oxygen atoms in total. The van der Waals surface area contributed by atoms with Gasteiger partial charge in [-0.05, 0) is 72.2 Å². The topological polar surface area (TPSA) is 25.8 Å². The molecule has 0 saturated heterocycles. The summed E-state index contributed by atoms with van der Waals surface area (Å²) in [5.41, 5.74) is 7.25. The molecule has 0 atom stereocenters. The van der Waals surface area contributed by atoms with E-state index in [9.17, 15) is 0 Å². The molecule has 6 rings (SSSR count). The molecule has 4 aromatic carbocycles. The Morgan fingerprint density at radius 1 is 0.471 bits per heavy atom. The van der Waals surface area contributed by atoms with Crippen LogP contribution in [0.15, 0.2) is 97.1 Å². The Bertz CT molecular complexity index is 1430. The first-order valence-corrected chi connectivity index (χ1v) is 13.3. The minimum Gasteiger partial charge on any atom is -0.241 e. The molecule has 166 valence electrons. The van der Waals surface area contributed by atoms with Crippen molar-refractivity contribution in [2.45, 2.75) is 25.7 Å². The maximum atomic E-state index is 4.87. The SMILES string of the molecule is c1ccc(-c2ccc3nc(CCCCc4nc5ccc(-c6ccccc6)cc5s4)sc3c2)cc1. The predicted octanol–water partition coefficient (Wildman–Crippen LogP) is 8.81. The number of nitrogens with zero attached hydrogens (tertiary/aromatic N) is 2. The summed E-state index contributed by atoms with van der Waals surface area (Å²) in [6.07, 6.45) is 4.33. The standard InChI is InChI=1S/C30H24N2S2/c1-3-9-21(10-4-1)23-15-17-25-27(19-23)33-29(31-25)13-7-8-14-30-32-26-18-16-24(20-28(26)34-30)22-11-5-2-6-12-22/h1-6,9-12,15-20H,7-8,13-14H2. The molecule has 34 heavy (non-hydrogen) atoms. The lowest BCUT2D eigenvalue weighted by atomic mass is 10.1. The molecule has 2 heterocycles. The number of thiazole rings is 2. The van der Waals surface area contributed by atoms with E-state index in [1.165, 1.54) is 41.7 Å². The zero-order chi connectivity index (χ0) is 22.7. The number of benzene rings is 4. The van der Waals surface area contributed by atoms with E-state index in [1.807, 2.05) is 22.7 Å². The fourth-order valence-electron chi connectivity index (χ4n) is 4.33. The number of fused-ring (bicyclic) bond motifs is 2. The van der Waals surface area contributed by atoms with Crippen LogP contribution in [0.4, 0.5) is 0 Å². The summed E-state index contributed by atoms with van der Waals surface area (Å²) in [6, 6.07) is 34.3. The highest BCUT2D eigenvalue weighted by Gasteiger charge is 2.08. The van der Waals surface area contributed by atoms with Gasteiger partial charge in [-0.2, -0.15) is 0 Å². The lowest BCUT2D eigenvalue weighted by molar-refractivity contribution is 0.730. The van der Waals surface area contributed by atoms with Crippen molar-refractivity contribution < 1.29 is 0 Å². The molecule has 0 unspecified atom stereocenters. The van der Waals surface area contributed by atoms with E-state index >= 15 is 0 Å². The summed E-state index contributed by atoms with van der Waals surface area (Å²) in [4.78, 5) is 9.74. The van der Waals surface area contributed by atoms with Gasteiger partial charge in [0.2, 0.25) is 0 Å². The summed E-state index contributed by atoms with van der Waals surface area (Å²) in [5, 5.41) is 2.47. The minimum atomic E-state index is 1.03. The van der Waals surface area contributed by atoms with Gasteiger partial charge >= 0.3 is 0 Å². The number of unbranched alkanes of at least 4 members (excludes halogenated alkanes) is 1. The van der Waals surface area contributed by atoms with E-state index in [-0.39, 0.29) is 0 Å². The average Bonchev–Trinajstić information content (AvgIpc) is 3.50. The first kappa shape index (κ1) is 21.2. The van der Waals surface area contributed by atoms with Gasteiger partial charge in [0.15, 0.2) is 0 Å². The van der Waals surface area contributed by atoms with Crippen LogP contribution < -0.4 is 0 Å². The highest BCUT2D eigenvalue weighted by molar-refractivity contribution is 7.18. The molecule has 0 aliphatic heterocycles. The van der Waals surface area contributed by atoms with E-state index in [1.54, 1.807) is 0 Å². The van der Waals surface area contributed by atoms with E-state index < -0.39 is 0 Å². The number of hydrogen-bond donors (Lipinski definition) is 0. The Balaban J connectivity index is 1.09. The highest BCUT2D eigenvalue weighted by atomic mass is 32.1. The predicted molar refractivity (Wildman–Crippen MR) is 147 cm³/mol. The van der Waals surface area contributed by atoms with Crippen LogP contribution in [0, 0.1) is 0 Å². The fourth-order valence-corrected chi connectivity index (χ4v) is 6.43. The van der Waals surface area contributed by atoms with Crippen LogP contribution in [0.3, 0.4) is 0 Å². The lowest BCUT2D eigenvalue weighted by Crippen LogP contribution is -1.88. The molecule has 0 N–H and O–H groups in total. The maximum absolute atomic E-state index is 4.87. The van der Waals surface area contributed by atoms with Crippen LogP contribution in [0.25, 0.3) is 42.7 Å². The molecule has 0 bridgehead atoms. The van der Waals surface area contributed by atoms with Crippen molar-refractivity contribution in [2.24, 2.45) is 0 Å². The third-order valence-electron chi connectivity index (χ3n) is 6.11. The average molecular weight is 477 g/mol. The molecule has 6 aromatic rings. The van der Waals surface area contributed by atoms with Crippen LogP contribution in [-0.4, -0.2) is 9.97 Å². The third-order valence-corrected chi connectivity index (χ3v) is 8.27. The smallest absolute Gasteiger partial charge is 0.0938 e. The quantitative estimate of drug-likeness (QED) is 0.215. The number of rotatable bonds is 7. The first-order valence-electron chi connectivity index (χ1n) is 11.7. The van der Waals surface area contributed by atoms with Gasteiger partial charge in [-0.25, -0.2) is 9.97 Å². The van der Waals surface area contributed by atoms with E-state index in [0.717, 1.165) is 36.7 Å². The Kier molecular flexibility index (Phi) is 5.92. The fraction of sp³-hybridized carbons (Fsp3) is 0.133. The molecule has 0 saturated carbocycles. The van der Waals surface area contributed by atoms with Crippen LogP contribution in [0.2, 0.25) is 0 Å². The van der Waals surface area contributed by atoms with Crippen LogP contribution in [0.1, 0.15) is 22.9 Å². The Morgan fingerprint density at radius 3 is 1.35 bits per heavy atom. The van der Waals surface area contributed by atoms with Crippen LogP contribution in [0.5, 0.6) is 0 Å². The zero-order valence-corrected chi connectivity index (χ0v) is 20.4. The van der Waals surface area contributed by atoms with Crippen molar-refractivity contribution in [3.63, 3.8) is 0 Å². The summed E-state index contributed by atoms with van der Waals surface area (Å²) in [7, 11) is 0. The van der Waals surface area contributed by atoms with Gasteiger partial charge < -0.3 is 0 Å². The van der Waals surface area contributed by atoms with Gasteiger partial charge in [0.05, 0.1) is 30.4 Å². The largest absolute Gasteiger partial charge is 0.241 e. The molecule has 0 fully saturated rings. The number of hydrogen-bond acceptors (Lipinski definition) is 4. The van der Waals surface area contributed by atoms with Gasteiger partial charge in [-0.3, -0.25) is 0 Å². The van der Waals surface area contributed by atoms with Crippen molar-refractivity contribution in [3.05, 3.63) is 107 Å². The summed E-state index contributed by atoms with van der Waals surface area (Å²) in [5.74, 6) is 0. The van der Waals surface area contributed by atoms with Crippen molar-refractivity contribution in [3.8, 4) is 22.3 Å². The summed E-state index contributed by atoms with van der Waals surface area (Å²) in [6.45, 7) is 0. The molecular formula is C30H24N2S2. The number of aryl methyl sites for hydroxylation is 2. The van der Waals surface area contributed by atoms with E-state index in [4.69, 9.17) is 9.97 Å². The maximum Gasteiger partial charge on any atom is 0.0938 e. The Hall–Kier alpha value is -3.34. The first-order chi connectivity index (χ1) is 16.8. The molecule has 0 radical (unpaired) electrons. The van der Waals surface area contributed by atoms with Gasteiger partial charge in [0, 0.05) is 0 Å². The van der Waals surface area contributed by atoms with E-state index in [2.05, 4.69) is 97.1 Å². The van der Waals surface area contributed by atoms with Crippen molar-refractivity contribution in [1.29, 1.82) is 0 Å². The lowest BCUT2D eigenvalue weighted by Gasteiger charge is -2.00.